The Hall–Kier alpha value is -2.68. The number of rotatable bonds is 8. The van der Waals surface area contributed by atoms with Crippen molar-refractivity contribution in [2.75, 3.05) is 51.4 Å². The number of nitrogen functional groups attached to an aromatic ring is 1. The van der Waals surface area contributed by atoms with Crippen LogP contribution in [-0.4, -0.2) is 100 Å². The predicted octanol–water partition coefficient (Wildman–Crippen LogP) is -1.53. The van der Waals surface area contributed by atoms with Gasteiger partial charge >= 0.3 is 0 Å². The van der Waals surface area contributed by atoms with Gasteiger partial charge in [0.1, 0.15) is 30.8 Å². The maximum absolute atomic E-state index is 13.1. The number of β-lactam (4-membered cyclic amide) rings is 1. The molecule has 5 aliphatic rings. The van der Waals surface area contributed by atoms with Crippen LogP contribution in [0.4, 0.5) is 5.13 Å². The first-order valence-electron chi connectivity index (χ1n) is 11.7. The van der Waals surface area contributed by atoms with Crippen LogP contribution < -0.4 is 16.2 Å². The van der Waals surface area contributed by atoms with E-state index in [2.05, 4.69) is 15.5 Å². The minimum absolute atomic E-state index is 0.00603. The molecule has 36 heavy (non-hydrogen) atoms. The molecule has 5 aliphatic heterocycles. The summed E-state index contributed by atoms with van der Waals surface area (Å²) in [6.07, 6.45) is 2.75. The summed E-state index contributed by atoms with van der Waals surface area (Å²) in [6.45, 7) is 3.39. The van der Waals surface area contributed by atoms with E-state index in [0.29, 0.717) is 17.9 Å². The Morgan fingerprint density at radius 2 is 2.08 bits per heavy atom. The molecule has 4 fully saturated rings. The number of hydrogen-bond donors (Lipinski definition) is 3. The van der Waals surface area contributed by atoms with E-state index < -0.39 is 29.2 Å². The summed E-state index contributed by atoms with van der Waals surface area (Å²) in [7, 11) is 1.29. The van der Waals surface area contributed by atoms with Crippen LogP contribution in [0.2, 0.25) is 0 Å². The standard InChI is InChI=1S/C22H28N6O6S2/c1-34-26-14(13-10-36-21(23)24-13)17(30)25-15-18(31)27-16(20(32)33)12(9-35-19(15)27)8-28-5-2-22(11-29,3-6-28)4-7-28/h10,15,19,29H,2-9,11H2,1H3,(H3-,23,24,25,30,32,33)/b26-14-/t15-,19+,22?,28?/m0/s1. The number of aliphatic carboxylic acids is 1. The lowest BCUT2D eigenvalue weighted by molar-refractivity contribution is -0.941. The van der Waals surface area contributed by atoms with Crippen molar-refractivity contribution in [2.24, 2.45) is 10.6 Å². The summed E-state index contributed by atoms with van der Waals surface area (Å²) in [5.41, 5.74) is 6.36. The van der Waals surface area contributed by atoms with Crippen LogP contribution in [0.15, 0.2) is 21.8 Å². The summed E-state index contributed by atoms with van der Waals surface area (Å²) in [4.78, 5) is 48.2. The van der Waals surface area contributed by atoms with Gasteiger partial charge in [-0.3, -0.25) is 14.5 Å². The lowest BCUT2D eigenvalue weighted by atomic mass is 9.71. The average molecular weight is 537 g/mol. The third-order valence-corrected chi connectivity index (χ3v) is 9.91. The number of nitrogens with zero attached hydrogens (tertiary/aromatic N) is 4. The monoisotopic (exact) mass is 536 g/mol. The third kappa shape index (κ3) is 4.15. The summed E-state index contributed by atoms with van der Waals surface area (Å²) < 4.78 is 0.773. The van der Waals surface area contributed by atoms with E-state index in [4.69, 9.17) is 10.6 Å². The van der Waals surface area contributed by atoms with Gasteiger partial charge in [-0.2, -0.15) is 0 Å². The summed E-state index contributed by atoms with van der Waals surface area (Å²) >= 11 is 2.56. The molecule has 0 radical (unpaired) electrons. The smallest absolute Gasteiger partial charge is 0.276 e. The number of carbonyl (C=O) groups excluding carboxylic acids is 3. The average Bonchev–Trinajstić information content (AvgIpc) is 3.31. The molecule has 2 amide bonds. The molecule has 0 aromatic carbocycles. The molecule has 2 bridgehead atoms. The molecule has 4 N–H and O–H groups in total. The number of fused-ring (bicyclic) bond motifs is 4. The van der Waals surface area contributed by atoms with Gasteiger partial charge in [0.2, 0.25) is 0 Å². The zero-order valence-electron chi connectivity index (χ0n) is 19.8. The SMILES string of the molecule is CO/N=C(\C(=O)N[C@H]1C(=O)N2C(C(=O)[O-])=C(C[N+]34CCC(CO)(CC3)CC4)CS[C@H]12)c1csc(N)n1. The lowest BCUT2D eigenvalue weighted by Crippen LogP contribution is -2.72. The molecular weight excluding hydrogens is 508 g/mol. The van der Waals surface area contributed by atoms with Gasteiger partial charge in [0.15, 0.2) is 10.8 Å². The molecule has 0 saturated carbocycles. The largest absolute Gasteiger partial charge is 0.543 e. The van der Waals surface area contributed by atoms with Crippen molar-refractivity contribution >= 4 is 51.7 Å². The van der Waals surface area contributed by atoms with E-state index in [-0.39, 0.29) is 34.3 Å². The molecule has 1 aromatic rings. The van der Waals surface area contributed by atoms with Gasteiger partial charge in [0.25, 0.3) is 11.8 Å². The fourth-order valence-electron chi connectivity index (χ4n) is 5.71. The summed E-state index contributed by atoms with van der Waals surface area (Å²) in [5, 5.41) is 29.6. The normalized spacial score (nSPS) is 31.7. The zero-order chi connectivity index (χ0) is 25.7. The number of thiazole rings is 1. The van der Waals surface area contributed by atoms with Gasteiger partial charge < -0.3 is 35.4 Å². The Morgan fingerprint density at radius 1 is 1.39 bits per heavy atom. The topological polar surface area (TPSA) is 170 Å². The second-order valence-corrected chi connectivity index (χ2v) is 11.9. The minimum atomic E-state index is -1.38. The van der Waals surface area contributed by atoms with Crippen LogP contribution in [0.25, 0.3) is 0 Å². The number of piperidine rings is 3. The van der Waals surface area contributed by atoms with Crippen LogP contribution in [-0.2, 0) is 19.2 Å². The van der Waals surface area contributed by atoms with Crippen molar-refractivity contribution in [3.8, 4) is 0 Å². The first-order valence-corrected chi connectivity index (χ1v) is 13.6. The fourth-order valence-corrected chi connectivity index (χ4v) is 7.59. The quantitative estimate of drug-likeness (QED) is 0.154. The molecule has 6 heterocycles. The molecule has 1 aromatic heterocycles. The molecule has 12 nitrogen and oxygen atoms in total. The summed E-state index contributed by atoms with van der Waals surface area (Å²) in [6, 6.07) is -0.918. The van der Waals surface area contributed by atoms with E-state index in [0.717, 1.165) is 54.7 Å². The second kappa shape index (κ2) is 9.32. The highest BCUT2D eigenvalue weighted by atomic mass is 32.2. The number of oxime groups is 1. The van der Waals surface area contributed by atoms with E-state index in [1.807, 2.05) is 0 Å². The Labute approximate surface area is 215 Å². The fraction of sp³-hybridized carbons (Fsp3) is 0.591. The number of anilines is 1. The number of quaternary nitrogens is 1. The Bertz CT molecular complexity index is 1140. The molecule has 6 rings (SSSR count). The van der Waals surface area contributed by atoms with Crippen LogP contribution in [0.5, 0.6) is 0 Å². The number of thioether (sulfide) groups is 1. The maximum atomic E-state index is 13.1. The molecule has 2 atom stereocenters. The number of aliphatic hydroxyl groups excluding tert-OH is 1. The highest BCUT2D eigenvalue weighted by Gasteiger charge is 2.55. The zero-order valence-corrected chi connectivity index (χ0v) is 21.4. The number of amides is 2. The van der Waals surface area contributed by atoms with Gasteiger partial charge in [0, 0.05) is 48.0 Å². The Morgan fingerprint density at radius 3 is 2.64 bits per heavy atom. The van der Waals surface area contributed by atoms with Crippen LogP contribution in [0.3, 0.4) is 0 Å². The van der Waals surface area contributed by atoms with Crippen molar-refractivity contribution in [2.45, 2.75) is 30.7 Å². The van der Waals surface area contributed by atoms with Crippen molar-refractivity contribution in [1.82, 2.24) is 15.2 Å². The minimum Gasteiger partial charge on any atom is -0.543 e. The van der Waals surface area contributed by atoms with Crippen LogP contribution in [0.1, 0.15) is 25.0 Å². The maximum Gasteiger partial charge on any atom is 0.276 e. The van der Waals surface area contributed by atoms with Crippen molar-refractivity contribution in [3.63, 3.8) is 0 Å². The molecule has 14 heteroatoms. The number of aliphatic hydroxyl groups is 1. The van der Waals surface area contributed by atoms with E-state index in [1.165, 1.54) is 23.8 Å². The first kappa shape index (κ1) is 25.0. The van der Waals surface area contributed by atoms with Crippen molar-refractivity contribution in [1.29, 1.82) is 0 Å². The highest BCUT2D eigenvalue weighted by molar-refractivity contribution is 8.00. The number of aromatic nitrogens is 1. The molecule has 0 spiro atoms. The first-order chi connectivity index (χ1) is 17.2. The lowest BCUT2D eigenvalue weighted by Gasteiger charge is -2.56. The molecular formula is C22H28N6O6S2. The van der Waals surface area contributed by atoms with Gasteiger partial charge in [-0.05, 0) is 0 Å². The molecule has 4 saturated heterocycles. The van der Waals surface area contributed by atoms with E-state index in [9.17, 15) is 24.6 Å². The van der Waals surface area contributed by atoms with Gasteiger partial charge in [-0.15, -0.1) is 23.1 Å². The van der Waals surface area contributed by atoms with Gasteiger partial charge in [-0.1, -0.05) is 5.16 Å². The number of nitrogens with one attached hydrogen (secondary N) is 1. The number of nitrogens with two attached hydrogens (primary N) is 1. The van der Waals surface area contributed by atoms with Crippen molar-refractivity contribution < 1.29 is 33.9 Å². The Balaban J connectivity index is 1.32. The number of hydrogen-bond acceptors (Lipinski definition) is 11. The Kier molecular flexibility index (Phi) is 6.47. The van der Waals surface area contributed by atoms with E-state index >= 15 is 0 Å². The molecule has 0 unspecified atom stereocenters. The third-order valence-electron chi connectivity index (χ3n) is 7.90. The van der Waals surface area contributed by atoms with Gasteiger partial charge in [-0.25, -0.2) is 4.98 Å². The number of carbonyl (C=O) groups is 3. The van der Waals surface area contributed by atoms with E-state index in [1.54, 1.807) is 5.38 Å². The van der Waals surface area contributed by atoms with Crippen LogP contribution >= 0.6 is 23.1 Å². The predicted molar refractivity (Wildman–Crippen MR) is 130 cm³/mol. The number of carboxylic acid groups (broad SMARTS) is 1. The summed E-state index contributed by atoms with van der Waals surface area (Å²) in [5.74, 6) is -2.14. The second-order valence-electron chi connectivity index (χ2n) is 9.87. The van der Waals surface area contributed by atoms with Crippen molar-refractivity contribution in [3.05, 3.63) is 22.3 Å². The molecule has 0 aliphatic carbocycles. The number of carboxylic acids is 1. The highest BCUT2D eigenvalue weighted by Crippen LogP contribution is 2.46. The van der Waals surface area contributed by atoms with Crippen LogP contribution in [0, 0.1) is 5.41 Å². The molecule has 194 valence electrons. The van der Waals surface area contributed by atoms with Gasteiger partial charge in [0.05, 0.1) is 31.3 Å².